The fraction of sp³-hybridized carbons (Fsp3) is 0.455. The van der Waals surface area contributed by atoms with Crippen LogP contribution in [0.3, 0.4) is 0 Å². The zero-order valence-electron chi connectivity index (χ0n) is 9.10. The van der Waals surface area contributed by atoms with Crippen molar-refractivity contribution in [3.8, 4) is 5.75 Å². The van der Waals surface area contributed by atoms with Crippen LogP contribution >= 0.6 is 11.1 Å². The van der Waals surface area contributed by atoms with Crippen LogP contribution in [0.4, 0.5) is 0 Å². The first kappa shape index (κ1) is 11.6. The van der Waals surface area contributed by atoms with Crippen molar-refractivity contribution in [2.24, 2.45) is 0 Å². The Morgan fingerprint density at radius 2 is 1.79 bits per heavy atom. The average molecular weight is 228 g/mol. The molecule has 0 heterocycles. The minimum atomic E-state index is -1.08. The van der Waals surface area contributed by atoms with Gasteiger partial charge < -0.3 is 4.74 Å². The maximum absolute atomic E-state index is 6.49. The fourth-order valence-corrected chi connectivity index (χ4v) is 3.15. The van der Waals surface area contributed by atoms with Gasteiger partial charge in [0.05, 0.1) is 7.11 Å². The highest BCUT2D eigenvalue weighted by molar-refractivity contribution is 7.16. The van der Waals surface area contributed by atoms with E-state index in [4.69, 9.17) is 15.8 Å². The second kappa shape index (κ2) is 4.37. The van der Waals surface area contributed by atoms with Gasteiger partial charge in [-0.3, -0.25) is 0 Å². The van der Waals surface area contributed by atoms with E-state index in [2.05, 4.69) is 26.8 Å². The summed E-state index contributed by atoms with van der Waals surface area (Å²) in [4.78, 5) is 0. The molecule has 1 radical (unpaired) electrons. The van der Waals surface area contributed by atoms with E-state index in [1.54, 1.807) is 7.11 Å². The third-order valence-electron chi connectivity index (χ3n) is 2.00. The van der Waals surface area contributed by atoms with Gasteiger partial charge in [0.2, 0.25) is 8.11 Å². The van der Waals surface area contributed by atoms with E-state index in [1.807, 2.05) is 18.2 Å². The van der Waals surface area contributed by atoms with Crippen molar-refractivity contribution >= 4 is 24.4 Å². The van der Waals surface area contributed by atoms with Gasteiger partial charge in [0, 0.05) is 0 Å². The summed E-state index contributed by atoms with van der Waals surface area (Å²) in [6.45, 7) is 6.50. The molecule has 0 N–H and O–H groups in total. The third-order valence-corrected chi connectivity index (χ3v) is 6.52. The number of halogens is 1. The zero-order chi connectivity index (χ0) is 10.8. The molecule has 0 amide bonds. The number of hydrogen-bond acceptors (Lipinski definition) is 1. The molecule has 0 aliphatic heterocycles. The molecule has 0 aliphatic rings. The molecule has 3 heteroatoms. The van der Waals surface area contributed by atoms with Crippen LogP contribution in [-0.2, 0) is 0 Å². The molecule has 1 rings (SSSR count). The molecule has 1 aromatic rings. The molecule has 1 aromatic carbocycles. The highest BCUT2D eigenvalue weighted by Gasteiger charge is 2.29. The van der Waals surface area contributed by atoms with Crippen LogP contribution in [0.5, 0.6) is 5.75 Å². The number of rotatable bonds is 2. The van der Waals surface area contributed by atoms with Crippen molar-refractivity contribution in [3.05, 3.63) is 24.3 Å². The summed E-state index contributed by atoms with van der Waals surface area (Å²) < 4.78 is 5.30. The largest absolute Gasteiger partial charge is 0.497 e. The number of para-hydroxylation sites is 1. The molecule has 0 bridgehead atoms. The van der Waals surface area contributed by atoms with Crippen LogP contribution in [0.2, 0.25) is 5.04 Å². The minimum Gasteiger partial charge on any atom is -0.497 e. The molecule has 14 heavy (non-hydrogen) atoms. The van der Waals surface area contributed by atoms with E-state index in [0.29, 0.717) is 0 Å². The monoisotopic (exact) mass is 227 g/mol. The maximum Gasteiger partial charge on any atom is 0.209 e. The minimum absolute atomic E-state index is 0.140. The summed E-state index contributed by atoms with van der Waals surface area (Å²) in [6.07, 6.45) is 0. The smallest absolute Gasteiger partial charge is 0.209 e. The van der Waals surface area contributed by atoms with Gasteiger partial charge in [0.1, 0.15) is 5.75 Å². The van der Waals surface area contributed by atoms with Crippen LogP contribution < -0.4 is 9.92 Å². The van der Waals surface area contributed by atoms with E-state index in [0.717, 1.165) is 10.9 Å². The van der Waals surface area contributed by atoms with Gasteiger partial charge in [-0.05, 0) is 16.3 Å². The topological polar surface area (TPSA) is 9.23 Å². The number of ether oxygens (including phenoxy) is 1. The predicted molar refractivity (Wildman–Crippen MR) is 64.0 cm³/mol. The Morgan fingerprint density at radius 3 is 2.29 bits per heavy atom. The summed E-state index contributed by atoms with van der Waals surface area (Å²) in [7, 11) is 0.611. The molecular weight excluding hydrogens is 212 g/mol. The standard InChI is InChI=1S/C11H16ClOSi/c1-11(2,3)14(12)10-8-6-5-7-9(10)13-4/h5-8H,1-4H3. The second-order valence-electron chi connectivity index (χ2n) is 4.26. The molecule has 0 unspecified atom stereocenters. The molecule has 0 atom stereocenters. The third kappa shape index (κ3) is 2.52. The summed E-state index contributed by atoms with van der Waals surface area (Å²) in [5.41, 5.74) is 0. The van der Waals surface area contributed by atoms with Gasteiger partial charge in [-0.2, -0.15) is 11.1 Å². The lowest BCUT2D eigenvalue weighted by molar-refractivity contribution is 0.418. The molecule has 0 saturated carbocycles. The van der Waals surface area contributed by atoms with Crippen LogP contribution in [0.15, 0.2) is 24.3 Å². The van der Waals surface area contributed by atoms with Gasteiger partial charge in [0.15, 0.2) is 0 Å². The van der Waals surface area contributed by atoms with Crippen LogP contribution in [0.1, 0.15) is 20.8 Å². The van der Waals surface area contributed by atoms with E-state index < -0.39 is 8.11 Å². The normalized spacial score (nSPS) is 11.9. The zero-order valence-corrected chi connectivity index (χ0v) is 10.9. The molecule has 1 nitrogen and oxygen atoms in total. The van der Waals surface area contributed by atoms with Crippen LogP contribution in [0, 0.1) is 0 Å². The van der Waals surface area contributed by atoms with Crippen molar-refractivity contribution in [2.45, 2.75) is 25.8 Å². The first-order valence-electron chi connectivity index (χ1n) is 4.63. The van der Waals surface area contributed by atoms with E-state index in [9.17, 15) is 0 Å². The van der Waals surface area contributed by atoms with Gasteiger partial charge >= 0.3 is 0 Å². The van der Waals surface area contributed by atoms with Crippen molar-refractivity contribution in [1.82, 2.24) is 0 Å². The second-order valence-corrected chi connectivity index (χ2v) is 8.06. The Morgan fingerprint density at radius 1 is 1.21 bits per heavy atom. The molecule has 0 aromatic heterocycles. The molecular formula is C11H16ClOSi. The predicted octanol–water partition coefficient (Wildman–Crippen LogP) is 2.93. The summed E-state index contributed by atoms with van der Waals surface area (Å²) in [5, 5.41) is 1.30. The molecule has 0 spiro atoms. The number of benzene rings is 1. The highest BCUT2D eigenvalue weighted by atomic mass is 35.6. The number of hydrogen-bond donors (Lipinski definition) is 0. The van der Waals surface area contributed by atoms with E-state index in [1.165, 1.54) is 0 Å². The van der Waals surface area contributed by atoms with Crippen molar-refractivity contribution in [3.63, 3.8) is 0 Å². The molecule has 77 valence electrons. The van der Waals surface area contributed by atoms with Gasteiger partial charge in [-0.25, -0.2) is 0 Å². The van der Waals surface area contributed by atoms with Crippen LogP contribution in [-0.4, -0.2) is 15.2 Å². The molecule has 0 aliphatic carbocycles. The van der Waals surface area contributed by atoms with Gasteiger partial charge in [-0.1, -0.05) is 39.0 Å². The van der Waals surface area contributed by atoms with Crippen molar-refractivity contribution in [2.75, 3.05) is 7.11 Å². The summed E-state index contributed by atoms with van der Waals surface area (Å²) >= 11 is 6.49. The quantitative estimate of drug-likeness (QED) is 0.558. The summed E-state index contributed by atoms with van der Waals surface area (Å²) in [6, 6.07) is 8.01. The van der Waals surface area contributed by atoms with E-state index >= 15 is 0 Å². The lowest BCUT2D eigenvalue weighted by Crippen LogP contribution is -2.34. The molecule has 0 saturated heterocycles. The maximum atomic E-state index is 6.49. The first-order valence-corrected chi connectivity index (χ1v) is 7.14. The summed E-state index contributed by atoms with van der Waals surface area (Å²) in [5.74, 6) is 0.909. The average Bonchev–Trinajstić information content (AvgIpc) is 2.15. The highest BCUT2D eigenvalue weighted by Crippen LogP contribution is 2.30. The van der Waals surface area contributed by atoms with Crippen LogP contribution in [0.25, 0.3) is 0 Å². The Bertz CT molecular complexity index is 306. The fourth-order valence-electron chi connectivity index (χ4n) is 1.23. The van der Waals surface area contributed by atoms with Crippen molar-refractivity contribution < 1.29 is 4.74 Å². The van der Waals surface area contributed by atoms with E-state index in [-0.39, 0.29) is 5.04 Å². The molecule has 0 fully saturated rings. The number of methoxy groups -OCH3 is 1. The lowest BCUT2D eigenvalue weighted by Gasteiger charge is -2.24. The van der Waals surface area contributed by atoms with Gasteiger partial charge in [0.25, 0.3) is 0 Å². The Balaban J connectivity index is 3.06. The lowest BCUT2D eigenvalue weighted by atomic mass is 10.2. The first-order chi connectivity index (χ1) is 6.46. The SMILES string of the molecule is COc1ccccc1[Si](Cl)C(C)(C)C. The van der Waals surface area contributed by atoms with Gasteiger partial charge in [-0.15, -0.1) is 0 Å². The Kier molecular flexibility index (Phi) is 3.62. The Hall–Kier alpha value is -0.473. The van der Waals surface area contributed by atoms with Crippen molar-refractivity contribution in [1.29, 1.82) is 0 Å². The Labute approximate surface area is 92.4 Å².